The Hall–Kier alpha value is -3.12. The number of nitrogens with one attached hydrogen (secondary N) is 2. The summed E-state index contributed by atoms with van der Waals surface area (Å²) in [6.07, 6.45) is 2.28. The molecule has 3 rings (SSSR count). The fourth-order valence-electron chi connectivity index (χ4n) is 2.30. The molecular formula is C20H18N2O3S. The van der Waals surface area contributed by atoms with Crippen LogP contribution in [0.25, 0.3) is 0 Å². The number of hydrogen-bond donors (Lipinski definition) is 2. The monoisotopic (exact) mass is 366 g/mol. The van der Waals surface area contributed by atoms with E-state index in [0.717, 1.165) is 17.9 Å². The maximum absolute atomic E-state index is 11.8. The molecule has 5 nitrogen and oxygen atoms in total. The van der Waals surface area contributed by atoms with Crippen molar-refractivity contribution in [1.29, 1.82) is 0 Å². The number of furan rings is 1. The van der Waals surface area contributed by atoms with Crippen molar-refractivity contribution in [2.45, 2.75) is 6.42 Å². The summed E-state index contributed by atoms with van der Waals surface area (Å²) in [5, 5.41) is 5.70. The lowest BCUT2D eigenvalue weighted by Crippen LogP contribution is -2.33. The molecule has 0 aliphatic carbocycles. The zero-order chi connectivity index (χ0) is 18.2. The van der Waals surface area contributed by atoms with Crippen molar-refractivity contribution in [3.05, 3.63) is 84.3 Å². The van der Waals surface area contributed by atoms with E-state index in [1.54, 1.807) is 12.1 Å². The van der Waals surface area contributed by atoms with Gasteiger partial charge in [0.25, 0.3) is 5.91 Å². The minimum atomic E-state index is -0.395. The second kappa shape index (κ2) is 8.82. The summed E-state index contributed by atoms with van der Waals surface area (Å²) >= 11 is 5.13. The number of hydrogen-bond acceptors (Lipinski definition) is 4. The second-order valence-corrected chi connectivity index (χ2v) is 5.90. The van der Waals surface area contributed by atoms with Crippen molar-refractivity contribution in [3.63, 3.8) is 0 Å². The van der Waals surface area contributed by atoms with E-state index in [2.05, 4.69) is 22.8 Å². The van der Waals surface area contributed by atoms with Gasteiger partial charge < -0.3 is 14.5 Å². The van der Waals surface area contributed by atoms with E-state index in [9.17, 15) is 4.79 Å². The Morgan fingerprint density at radius 1 is 1.00 bits per heavy atom. The van der Waals surface area contributed by atoms with Crippen molar-refractivity contribution in [1.82, 2.24) is 5.32 Å². The van der Waals surface area contributed by atoms with E-state index < -0.39 is 5.91 Å². The van der Waals surface area contributed by atoms with E-state index >= 15 is 0 Å². The molecule has 0 saturated carbocycles. The number of rotatable bonds is 6. The molecule has 1 heterocycles. The molecule has 0 spiro atoms. The van der Waals surface area contributed by atoms with Crippen LogP contribution in [0.15, 0.2) is 77.4 Å². The molecule has 0 fully saturated rings. The molecule has 2 aromatic carbocycles. The summed E-state index contributed by atoms with van der Waals surface area (Å²) < 4.78 is 10.8. The molecule has 0 radical (unpaired) electrons. The molecule has 2 N–H and O–H groups in total. The first-order valence-electron chi connectivity index (χ1n) is 8.13. The number of thiocarbonyl (C=S) groups is 1. The predicted molar refractivity (Wildman–Crippen MR) is 104 cm³/mol. The average Bonchev–Trinajstić information content (AvgIpc) is 3.19. The molecule has 0 saturated heterocycles. The molecule has 3 aromatic rings. The Bertz CT molecular complexity index is 847. The molecule has 0 aliphatic rings. The largest absolute Gasteiger partial charge is 0.493 e. The summed E-state index contributed by atoms with van der Waals surface area (Å²) in [5.41, 5.74) is 1.99. The highest BCUT2D eigenvalue weighted by Gasteiger charge is 2.10. The van der Waals surface area contributed by atoms with Gasteiger partial charge in [-0.2, -0.15) is 0 Å². The van der Waals surface area contributed by atoms with Crippen LogP contribution in [-0.4, -0.2) is 17.6 Å². The average molecular weight is 366 g/mol. The van der Waals surface area contributed by atoms with E-state index in [1.807, 2.05) is 42.5 Å². The van der Waals surface area contributed by atoms with Crippen LogP contribution in [0.5, 0.6) is 5.75 Å². The summed E-state index contributed by atoms with van der Waals surface area (Å²) in [6, 6.07) is 20.8. The fourth-order valence-corrected chi connectivity index (χ4v) is 2.51. The molecule has 26 heavy (non-hydrogen) atoms. The third kappa shape index (κ3) is 5.19. The molecule has 132 valence electrons. The zero-order valence-corrected chi connectivity index (χ0v) is 14.8. The second-order valence-electron chi connectivity index (χ2n) is 5.49. The number of anilines is 1. The van der Waals surface area contributed by atoms with Crippen LogP contribution in [0.4, 0.5) is 5.69 Å². The van der Waals surface area contributed by atoms with Gasteiger partial charge in [0.2, 0.25) is 0 Å². The Kier molecular flexibility index (Phi) is 6.01. The van der Waals surface area contributed by atoms with Gasteiger partial charge in [0.15, 0.2) is 10.9 Å². The van der Waals surface area contributed by atoms with Crippen molar-refractivity contribution < 1.29 is 13.9 Å². The molecule has 1 aromatic heterocycles. The van der Waals surface area contributed by atoms with Crippen LogP contribution in [-0.2, 0) is 6.42 Å². The van der Waals surface area contributed by atoms with Gasteiger partial charge in [-0.1, -0.05) is 30.3 Å². The van der Waals surface area contributed by atoms with Crippen LogP contribution in [0.1, 0.15) is 16.1 Å². The van der Waals surface area contributed by atoms with Gasteiger partial charge in [-0.15, -0.1) is 0 Å². The van der Waals surface area contributed by atoms with Gasteiger partial charge in [0, 0.05) is 12.1 Å². The first-order chi connectivity index (χ1) is 12.7. The van der Waals surface area contributed by atoms with Crippen molar-refractivity contribution >= 4 is 28.9 Å². The lowest BCUT2D eigenvalue weighted by Gasteiger charge is -2.10. The van der Waals surface area contributed by atoms with Crippen LogP contribution in [0, 0.1) is 0 Å². The first kappa shape index (κ1) is 17.7. The summed E-state index contributed by atoms with van der Waals surface area (Å²) in [6.45, 7) is 0.606. The molecule has 1 amide bonds. The molecule has 0 atom stereocenters. The van der Waals surface area contributed by atoms with Crippen molar-refractivity contribution in [3.8, 4) is 5.75 Å². The van der Waals surface area contributed by atoms with Crippen molar-refractivity contribution in [2.24, 2.45) is 0 Å². The van der Waals surface area contributed by atoms with Gasteiger partial charge >= 0.3 is 0 Å². The van der Waals surface area contributed by atoms with Crippen molar-refractivity contribution in [2.75, 3.05) is 11.9 Å². The third-order valence-corrected chi connectivity index (χ3v) is 3.79. The highest BCUT2D eigenvalue weighted by Crippen LogP contribution is 2.16. The first-order valence-corrected chi connectivity index (χ1v) is 8.54. The van der Waals surface area contributed by atoms with Gasteiger partial charge in [0.1, 0.15) is 5.75 Å². The predicted octanol–water partition coefficient (Wildman–Crippen LogP) is 4.03. The lowest BCUT2D eigenvalue weighted by molar-refractivity contribution is 0.0950. The van der Waals surface area contributed by atoms with Gasteiger partial charge in [-0.3, -0.25) is 10.1 Å². The Balaban J connectivity index is 1.45. The van der Waals surface area contributed by atoms with Crippen LogP contribution >= 0.6 is 12.2 Å². The standard InChI is InChI=1S/C20H18N2O3S/c23-19(18-7-4-13-25-18)22-20(26)21-16-8-10-17(11-9-16)24-14-12-15-5-2-1-3-6-15/h1-11,13H,12,14H2,(H2,21,22,23,26). The van der Waals surface area contributed by atoms with Crippen LogP contribution in [0.3, 0.4) is 0 Å². The number of carbonyl (C=O) groups is 1. The molecular weight excluding hydrogens is 348 g/mol. The highest BCUT2D eigenvalue weighted by molar-refractivity contribution is 7.80. The maximum atomic E-state index is 11.8. The summed E-state index contributed by atoms with van der Waals surface area (Å²) in [4.78, 5) is 11.8. The van der Waals surface area contributed by atoms with Crippen LogP contribution in [0.2, 0.25) is 0 Å². The van der Waals surface area contributed by atoms with E-state index in [0.29, 0.717) is 6.61 Å². The maximum Gasteiger partial charge on any atom is 0.293 e. The number of carbonyl (C=O) groups excluding carboxylic acids is 1. The minimum Gasteiger partial charge on any atom is -0.493 e. The number of benzene rings is 2. The number of ether oxygens (including phenoxy) is 1. The summed E-state index contributed by atoms with van der Waals surface area (Å²) in [5.74, 6) is 0.585. The number of amides is 1. The molecule has 6 heteroatoms. The fraction of sp³-hybridized carbons (Fsp3) is 0.100. The smallest absolute Gasteiger partial charge is 0.293 e. The molecule has 0 unspecified atom stereocenters. The SMILES string of the molecule is O=C(NC(=S)Nc1ccc(OCCc2ccccc2)cc1)c1ccco1. The Morgan fingerprint density at radius 2 is 1.77 bits per heavy atom. The van der Waals surface area contributed by atoms with E-state index in [-0.39, 0.29) is 10.9 Å². The van der Waals surface area contributed by atoms with Gasteiger partial charge in [-0.25, -0.2) is 0 Å². The van der Waals surface area contributed by atoms with Gasteiger partial charge in [0.05, 0.1) is 12.9 Å². The quantitative estimate of drug-likeness (QED) is 0.645. The summed E-state index contributed by atoms with van der Waals surface area (Å²) in [7, 11) is 0. The topological polar surface area (TPSA) is 63.5 Å². The minimum absolute atomic E-state index is 0.198. The van der Waals surface area contributed by atoms with E-state index in [1.165, 1.54) is 11.8 Å². The van der Waals surface area contributed by atoms with Gasteiger partial charge in [-0.05, 0) is 54.2 Å². The van der Waals surface area contributed by atoms with E-state index in [4.69, 9.17) is 21.4 Å². The van der Waals surface area contributed by atoms with Crippen LogP contribution < -0.4 is 15.4 Å². The molecule has 0 aliphatic heterocycles. The third-order valence-electron chi connectivity index (χ3n) is 3.59. The Labute approximate surface area is 157 Å². The Morgan fingerprint density at radius 3 is 2.46 bits per heavy atom. The lowest BCUT2D eigenvalue weighted by atomic mass is 10.2. The zero-order valence-electron chi connectivity index (χ0n) is 14.0. The normalized spacial score (nSPS) is 10.2. The molecule has 0 bridgehead atoms. The highest BCUT2D eigenvalue weighted by atomic mass is 32.1.